The number of nitrogens with one attached hydrogen (secondary N) is 1. The van der Waals surface area contributed by atoms with Gasteiger partial charge in [-0.25, -0.2) is 4.98 Å². The first kappa shape index (κ1) is 23.6. The molecule has 0 saturated carbocycles. The van der Waals surface area contributed by atoms with Gasteiger partial charge in [-0.05, 0) is 28.7 Å². The summed E-state index contributed by atoms with van der Waals surface area (Å²) in [5, 5.41) is 2.80. The Morgan fingerprint density at radius 1 is 1.22 bits per heavy atom. The van der Waals surface area contributed by atoms with E-state index in [1.807, 2.05) is 38.1 Å². The molecule has 1 aromatic heterocycles. The summed E-state index contributed by atoms with van der Waals surface area (Å²) in [6.45, 7) is 2.91. The van der Waals surface area contributed by atoms with Crippen molar-refractivity contribution in [2.24, 2.45) is 5.92 Å². The van der Waals surface area contributed by atoms with E-state index in [1.54, 1.807) is 11.0 Å². The van der Waals surface area contributed by atoms with E-state index in [0.717, 1.165) is 11.1 Å². The van der Waals surface area contributed by atoms with Gasteiger partial charge in [0.2, 0.25) is 17.7 Å². The van der Waals surface area contributed by atoms with Crippen molar-refractivity contribution in [3.05, 3.63) is 59.3 Å². The predicted octanol–water partition coefficient (Wildman–Crippen LogP) is 3.64. The Balaban J connectivity index is 1.69. The number of nitrogens with zero attached hydrogens (tertiary/aromatic N) is 2. The van der Waals surface area contributed by atoms with Crippen molar-refractivity contribution in [3.63, 3.8) is 0 Å². The molecule has 1 aliphatic heterocycles. The molecule has 1 aromatic carbocycles. The van der Waals surface area contributed by atoms with Crippen molar-refractivity contribution < 1.29 is 27.5 Å². The van der Waals surface area contributed by atoms with E-state index in [1.165, 1.54) is 12.3 Å². The van der Waals surface area contributed by atoms with Crippen LogP contribution in [0.2, 0.25) is 0 Å². The summed E-state index contributed by atoms with van der Waals surface area (Å²) in [6.07, 6.45) is -2.39. The largest absolute Gasteiger partial charge is 0.468 e. The first-order valence-electron chi connectivity index (χ1n) is 10.4. The molecular weight excluding hydrogens is 423 g/mol. The fraction of sp³-hybridized carbons (Fsp3) is 0.435. The summed E-state index contributed by atoms with van der Waals surface area (Å²) in [5.74, 6) is -0.405. The van der Waals surface area contributed by atoms with E-state index in [9.17, 15) is 22.8 Å². The normalized spacial score (nSPS) is 15.9. The molecule has 0 bridgehead atoms. The zero-order valence-electron chi connectivity index (χ0n) is 18.0. The van der Waals surface area contributed by atoms with Gasteiger partial charge in [0, 0.05) is 38.2 Å². The summed E-state index contributed by atoms with van der Waals surface area (Å²) < 4.78 is 41.7. The number of aromatic nitrogens is 1. The molecule has 0 aliphatic carbocycles. The van der Waals surface area contributed by atoms with Crippen molar-refractivity contribution in [3.8, 4) is 5.88 Å². The highest BCUT2D eigenvalue weighted by molar-refractivity contribution is 5.88. The number of halogens is 3. The van der Waals surface area contributed by atoms with Crippen LogP contribution in [0.15, 0.2) is 42.6 Å². The molecule has 0 spiro atoms. The zero-order valence-corrected chi connectivity index (χ0v) is 18.0. The summed E-state index contributed by atoms with van der Waals surface area (Å²) in [6, 6.07) is 10.00. The van der Waals surface area contributed by atoms with Crippen LogP contribution >= 0.6 is 0 Å². The number of carbonyl (C=O) groups is 2. The van der Waals surface area contributed by atoms with Crippen LogP contribution in [0, 0.1) is 5.92 Å². The number of hydrogen-bond donors (Lipinski definition) is 1. The van der Waals surface area contributed by atoms with Crippen LogP contribution in [0.3, 0.4) is 0 Å². The Morgan fingerprint density at radius 2 is 1.94 bits per heavy atom. The number of alkyl halides is 3. The summed E-state index contributed by atoms with van der Waals surface area (Å²) >= 11 is 0. The molecule has 0 fully saturated rings. The quantitative estimate of drug-likeness (QED) is 0.701. The lowest BCUT2D eigenvalue weighted by molar-refractivity contribution is -0.154. The molecule has 1 aliphatic rings. The minimum Gasteiger partial charge on any atom is -0.468 e. The molecule has 0 unspecified atom stereocenters. The van der Waals surface area contributed by atoms with Gasteiger partial charge in [0.15, 0.2) is 6.61 Å². The Labute approximate surface area is 184 Å². The zero-order chi connectivity index (χ0) is 23.3. The van der Waals surface area contributed by atoms with E-state index >= 15 is 0 Å². The van der Waals surface area contributed by atoms with Gasteiger partial charge >= 0.3 is 6.18 Å². The van der Waals surface area contributed by atoms with Gasteiger partial charge in [0.25, 0.3) is 0 Å². The molecule has 3 rings (SSSR count). The number of ether oxygens (including phenoxy) is 1. The molecule has 2 aromatic rings. The van der Waals surface area contributed by atoms with Gasteiger partial charge in [-0.15, -0.1) is 0 Å². The van der Waals surface area contributed by atoms with Crippen LogP contribution in [-0.4, -0.2) is 40.5 Å². The van der Waals surface area contributed by atoms with E-state index in [4.69, 9.17) is 0 Å². The van der Waals surface area contributed by atoms with Crippen molar-refractivity contribution in [1.29, 1.82) is 0 Å². The van der Waals surface area contributed by atoms with Gasteiger partial charge in [-0.1, -0.05) is 38.1 Å². The maximum atomic E-state index is 13.0. The number of rotatable bonds is 7. The molecule has 2 heterocycles. The van der Waals surface area contributed by atoms with E-state index in [2.05, 4.69) is 15.0 Å². The third kappa shape index (κ3) is 6.45. The van der Waals surface area contributed by atoms with Crippen molar-refractivity contribution in [2.75, 3.05) is 6.61 Å². The van der Waals surface area contributed by atoms with Crippen LogP contribution in [0.1, 0.15) is 37.0 Å². The van der Waals surface area contributed by atoms with Crippen molar-refractivity contribution >= 4 is 11.8 Å². The van der Waals surface area contributed by atoms with Gasteiger partial charge in [0.05, 0.1) is 0 Å². The second-order valence-electron chi connectivity index (χ2n) is 8.23. The lowest BCUT2D eigenvalue weighted by Crippen LogP contribution is -2.52. The predicted molar refractivity (Wildman–Crippen MR) is 112 cm³/mol. The van der Waals surface area contributed by atoms with E-state index < -0.39 is 18.8 Å². The van der Waals surface area contributed by atoms with Crippen LogP contribution in [0.5, 0.6) is 5.88 Å². The smallest absolute Gasteiger partial charge is 0.422 e. The molecule has 2 amide bonds. The minimum absolute atomic E-state index is 0.0775. The Kier molecular flexibility index (Phi) is 7.37. The van der Waals surface area contributed by atoms with Crippen LogP contribution in [0.4, 0.5) is 13.2 Å². The number of benzene rings is 1. The average molecular weight is 449 g/mol. The van der Waals surface area contributed by atoms with Crippen LogP contribution < -0.4 is 10.1 Å². The maximum Gasteiger partial charge on any atom is 0.422 e. The first-order valence-corrected chi connectivity index (χ1v) is 10.4. The molecule has 9 heteroatoms. The number of pyridine rings is 1. The van der Waals surface area contributed by atoms with Crippen molar-refractivity contribution in [1.82, 2.24) is 15.2 Å². The minimum atomic E-state index is -4.46. The first-order chi connectivity index (χ1) is 15.1. The topological polar surface area (TPSA) is 71.5 Å². The highest BCUT2D eigenvalue weighted by Gasteiger charge is 2.34. The monoisotopic (exact) mass is 449 g/mol. The van der Waals surface area contributed by atoms with Gasteiger partial charge < -0.3 is 15.0 Å². The Morgan fingerprint density at radius 3 is 2.62 bits per heavy atom. The third-order valence-corrected chi connectivity index (χ3v) is 5.10. The maximum absolute atomic E-state index is 13.0. The summed E-state index contributed by atoms with van der Waals surface area (Å²) in [4.78, 5) is 31.2. The molecular formula is C23H26F3N3O3. The Hall–Kier alpha value is -3.10. The number of fused-ring (bicyclic) bond motifs is 1. The molecule has 1 atom stereocenters. The fourth-order valence-electron chi connectivity index (χ4n) is 3.59. The highest BCUT2D eigenvalue weighted by atomic mass is 19.4. The second-order valence-corrected chi connectivity index (χ2v) is 8.23. The molecule has 1 N–H and O–H groups in total. The summed E-state index contributed by atoms with van der Waals surface area (Å²) in [7, 11) is 0. The number of amides is 2. The van der Waals surface area contributed by atoms with Crippen molar-refractivity contribution in [2.45, 2.75) is 52.0 Å². The van der Waals surface area contributed by atoms with Gasteiger partial charge in [0.1, 0.15) is 6.04 Å². The van der Waals surface area contributed by atoms with E-state index in [0.29, 0.717) is 24.9 Å². The van der Waals surface area contributed by atoms with Gasteiger partial charge in [-0.2, -0.15) is 13.2 Å². The lowest BCUT2D eigenvalue weighted by atomic mass is 9.92. The molecule has 172 valence electrons. The molecule has 0 radical (unpaired) electrons. The Bertz CT molecular complexity index is 963. The average Bonchev–Trinajstić information content (AvgIpc) is 2.74. The highest BCUT2D eigenvalue weighted by Crippen LogP contribution is 2.25. The summed E-state index contributed by atoms with van der Waals surface area (Å²) in [5.41, 5.74) is 2.59. The molecule has 0 saturated heterocycles. The number of carbonyl (C=O) groups excluding carboxylic acids is 2. The molecule has 32 heavy (non-hydrogen) atoms. The molecule has 6 nitrogen and oxygen atoms in total. The SMILES string of the molecule is CC(C)CC(=O)N1Cc2ccccc2C[C@@H]1C(=O)NCc1ccnc(OCC(F)(F)F)c1. The van der Waals surface area contributed by atoms with Gasteiger partial charge in [-0.3, -0.25) is 9.59 Å². The standard InChI is InChI=1S/C23H26F3N3O3/c1-15(2)9-21(30)29-13-18-6-4-3-5-17(18)11-19(29)22(31)28-12-16-7-8-27-20(10-16)32-14-23(24,25)26/h3-8,10,15,19H,9,11-14H2,1-2H3,(H,28,31)/t19-/m1/s1. The number of hydrogen-bond acceptors (Lipinski definition) is 4. The lowest BCUT2D eigenvalue weighted by Gasteiger charge is -2.36. The second kappa shape index (κ2) is 10.0. The van der Waals surface area contributed by atoms with Crippen LogP contribution in [-0.2, 0) is 29.1 Å². The van der Waals surface area contributed by atoms with Crippen LogP contribution in [0.25, 0.3) is 0 Å². The fourth-order valence-corrected chi connectivity index (χ4v) is 3.59. The third-order valence-electron chi connectivity index (χ3n) is 5.10. The van der Waals surface area contributed by atoms with E-state index in [-0.39, 0.29) is 30.2 Å².